The van der Waals surface area contributed by atoms with Crippen molar-refractivity contribution in [2.75, 3.05) is 40.5 Å². The van der Waals surface area contributed by atoms with Crippen molar-refractivity contribution in [1.82, 2.24) is 0 Å². The maximum atomic E-state index is 5.87. The van der Waals surface area contributed by atoms with Crippen LogP contribution < -0.4 is 4.74 Å². The minimum Gasteiger partial charge on any atom is -0.870 e. The normalized spacial score (nSPS) is 12.4. The van der Waals surface area contributed by atoms with Crippen LogP contribution in [0.2, 0.25) is 0 Å². The Morgan fingerprint density at radius 1 is 0.774 bits per heavy atom. The van der Waals surface area contributed by atoms with Crippen molar-refractivity contribution in [3.63, 3.8) is 0 Å². The van der Waals surface area contributed by atoms with Crippen LogP contribution in [0.3, 0.4) is 0 Å². The molecule has 174 valence electrons. The SMILES string of the molecule is CC(C)(C)CC(C)(C)c1ccc(OCCOCC[N+](C)(C)Cc2ccccc2)cc1.[OH-]. The van der Waals surface area contributed by atoms with E-state index in [4.69, 9.17) is 9.47 Å². The summed E-state index contributed by atoms with van der Waals surface area (Å²) in [4.78, 5) is 0. The van der Waals surface area contributed by atoms with Crippen molar-refractivity contribution in [2.24, 2.45) is 5.41 Å². The quantitative estimate of drug-likeness (QED) is 0.330. The second-order valence-electron chi connectivity index (χ2n) is 10.9. The third-order valence-corrected chi connectivity index (χ3v) is 5.40. The molecule has 2 aromatic carbocycles. The first-order valence-electron chi connectivity index (χ1n) is 11.1. The minimum atomic E-state index is 0. The van der Waals surface area contributed by atoms with Gasteiger partial charge in [0.1, 0.15) is 25.4 Å². The Hall–Kier alpha value is -1.88. The van der Waals surface area contributed by atoms with E-state index < -0.39 is 0 Å². The Balaban J connectivity index is 0.00000480. The zero-order chi connectivity index (χ0) is 22.3. The average Bonchev–Trinajstić information content (AvgIpc) is 2.63. The van der Waals surface area contributed by atoms with Gasteiger partial charge in [-0.1, -0.05) is 77.1 Å². The van der Waals surface area contributed by atoms with Crippen LogP contribution in [0.1, 0.15) is 52.2 Å². The molecule has 0 bridgehead atoms. The fraction of sp³-hybridized carbons (Fsp3) is 0.556. The van der Waals surface area contributed by atoms with E-state index >= 15 is 0 Å². The van der Waals surface area contributed by atoms with E-state index in [1.54, 1.807) is 0 Å². The van der Waals surface area contributed by atoms with Gasteiger partial charge in [0.05, 0.1) is 27.3 Å². The number of rotatable bonds is 11. The van der Waals surface area contributed by atoms with E-state index in [0.717, 1.165) is 36.3 Å². The molecule has 0 aliphatic heterocycles. The highest BCUT2D eigenvalue weighted by atomic mass is 16.5. The van der Waals surface area contributed by atoms with Crippen LogP contribution in [0.4, 0.5) is 0 Å². The van der Waals surface area contributed by atoms with Gasteiger partial charge in [0.15, 0.2) is 0 Å². The summed E-state index contributed by atoms with van der Waals surface area (Å²) in [6.07, 6.45) is 1.15. The Bertz CT molecular complexity index is 746. The second-order valence-corrected chi connectivity index (χ2v) is 10.9. The fourth-order valence-electron chi connectivity index (χ4n) is 4.22. The molecule has 2 rings (SSSR count). The fourth-order valence-corrected chi connectivity index (χ4v) is 4.22. The Labute approximate surface area is 190 Å². The molecule has 2 aromatic rings. The van der Waals surface area contributed by atoms with Gasteiger partial charge in [-0.05, 0) is 34.9 Å². The first-order chi connectivity index (χ1) is 14.0. The Morgan fingerprint density at radius 2 is 1.39 bits per heavy atom. The highest BCUT2D eigenvalue weighted by molar-refractivity contribution is 5.31. The molecule has 4 heteroatoms. The molecule has 0 unspecified atom stereocenters. The van der Waals surface area contributed by atoms with Crippen molar-refractivity contribution in [3.8, 4) is 5.75 Å². The molecule has 0 aliphatic rings. The molecule has 1 N–H and O–H groups in total. The average molecular weight is 430 g/mol. The molecule has 4 nitrogen and oxygen atoms in total. The molecule has 0 atom stereocenters. The topological polar surface area (TPSA) is 48.5 Å². The Kier molecular flexibility index (Phi) is 10.2. The molecule has 0 radical (unpaired) electrons. The van der Waals surface area contributed by atoms with Crippen LogP contribution in [-0.4, -0.2) is 50.4 Å². The number of nitrogens with zero attached hydrogens (tertiary/aromatic N) is 1. The summed E-state index contributed by atoms with van der Waals surface area (Å²) in [5.41, 5.74) is 3.19. The summed E-state index contributed by atoms with van der Waals surface area (Å²) < 4.78 is 12.6. The van der Waals surface area contributed by atoms with Gasteiger partial charge in [-0.2, -0.15) is 0 Å². The van der Waals surface area contributed by atoms with Gasteiger partial charge in [-0.3, -0.25) is 0 Å². The van der Waals surface area contributed by atoms with Gasteiger partial charge in [-0.15, -0.1) is 0 Å². The molecule has 0 aromatic heterocycles. The van der Waals surface area contributed by atoms with Gasteiger partial charge in [-0.25, -0.2) is 0 Å². The van der Waals surface area contributed by atoms with Gasteiger partial charge in [0.2, 0.25) is 0 Å². The smallest absolute Gasteiger partial charge is 0.119 e. The van der Waals surface area contributed by atoms with Crippen molar-refractivity contribution in [3.05, 3.63) is 65.7 Å². The standard InChI is InChI=1S/C27H42NO2.H2O/c1-26(2,3)22-27(4,5)24-13-15-25(16-14-24)30-20-19-29-18-17-28(6,7)21-23-11-9-8-10-12-23;/h8-16H,17-22H2,1-7H3;1H2/q+1;/p-1. The highest BCUT2D eigenvalue weighted by Crippen LogP contribution is 2.36. The largest absolute Gasteiger partial charge is 0.870 e. The number of hydrogen-bond donors (Lipinski definition) is 0. The molecule has 0 aliphatic carbocycles. The van der Waals surface area contributed by atoms with Gasteiger partial charge < -0.3 is 19.4 Å². The van der Waals surface area contributed by atoms with Crippen molar-refractivity contribution in [2.45, 2.75) is 53.0 Å². The minimum absolute atomic E-state index is 0. The third-order valence-electron chi connectivity index (χ3n) is 5.40. The van der Waals surface area contributed by atoms with Gasteiger partial charge in [0.25, 0.3) is 0 Å². The zero-order valence-corrected chi connectivity index (χ0v) is 20.6. The summed E-state index contributed by atoms with van der Waals surface area (Å²) >= 11 is 0. The van der Waals surface area contributed by atoms with Gasteiger partial charge in [0, 0.05) is 5.56 Å². The first kappa shape index (κ1) is 27.2. The van der Waals surface area contributed by atoms with E-state index in [9.17, 15) is 0 Å². The Morgan fingerprint density at radius 3 is 1.97 bits per heavy atom. The lowest BCUT2D eigenvalue weighted by atomic mass is 9.72. The molecular weight excluding hydrogens is 386 g/mol. The zero-order valence-electron chi connectivity index (χ0n) is 20.6. The lowest BCUT2D eigenvalue weighted by molar-refractivity contribution is -0.904. The van der Waals surface area contributed by atoms with Crippen LogP contribution in [0, 0.1) is 5.41 Å². The van der Waals surface area contributed by atoms with Crippen LogP contribution >= 0.6 is 0 Å². The molecule has 0 heterocycles. The lowest BCUT2D eigenvalue weighted by Gasteiger charge is -2.33. The highest BCUT2D eigenvalue weighted by Gasteiger charge is 2.27. The summed E-state index contributed by atoms with van der Waals surface area (Å²) in [6, 6.07) is 19.2. The first-order valence-corrected chi connectivity index (χ1v) is 11.1. The molecule has 0 amide bonds. The monoisotopic (exact) mass is 429 g/mol. The van der Waals surface area contributed by atoms with E-state index in [1.807, 2.05) is 0 Å². The van der Waals surface area contributed by atoms with Crippen LogP contribution in [0.15, 0.2) is 54.6 Å². The van der Waals surface area contributed by atoms with Crippen molar-refractivity contribution >= 4 is 0 Å². The van der Waals surface area contributed by atoms with Gasteiger partial charge >= 0.3 is 0 Å². The molecule has 0 saturated carbocycles. The molecular formula is C27H43NO3. The molecule has 0 fully saturated rings. The van der Waals surface area contributed by atoms with E-state index in [2.05, 4.69) is 103 Å². The van der Waals surface area contributed by atoms with E-state index in [0.29, 0.717) is 18.6 Å². The molecule has 0 saturated heterocycles. The number of ether oxygens (including phenoxy) is 2. The number of benzene rings is 2. The number of hydrogen-bond acceptors (Lipinski definition) is 3. The maximum Gasteiger partial charge on any atom is 0.119 e. The second kappa shape index (κ2) is 11.7. The molecule has 31 heavy (non-hydrogen) atoms. The lowest BCUT2D eigenvalue weighted by Crippen LogP contribution is -2.41. The summed E-state index contributed by atoms with van der Waals surface area (Å²) in [7, 11) is 4.49. The maximum absolute atomic E-state index is 5.87. The van der Waals surface area contributed by atoms with Crippen LogP contribution in [0.5, 0.6) is 5.75 Å². The van der Waals surface area contributed by atoms with E-state index in [1.165, 1.54) is 11.1 Å². The van der Waals surface area contributed by atoms with Crippen LogP contribution in [0.25, 0.3) is 0 Å². The summed E-state index contributed by atoms with van der Waals surface area (Å²) in [5.74, 6) is 0.911. The summed E-state index contributed by atoms with van der Waals surface area (Å²) in [6.45, 7) is 15.5. The van der Waals surface area contributed by atoms with E-state index in [-0.39, 0.29) is 10.9 Å². The number of quaternary nitrogens is 1. The predicted octanol–water partition coefficient (Wildman–Crippen LogP) is 5.90. The predicted molar refractivity (Wildman–Crippen MR) is 129 cm³/mol. The van der Waals surface area contributed by atoms with Crippen LogP contribution in [-0.2, 0) is 16.7 Å². The third kappa shape index (κ3) is 10.3. The number of likely N-dealkylation sites (N-methyl/N-ethyl adjacent to an activating group) is 1. The summed E-state index contributed by atoms with van der Waals surface area (Å²) in [5, 5.41) is 0. The van der Waals surface area contributed by atoms with Crippen molar-refractivity contribution < 1.29 is 19.4 Å². The van der Waals surface area contributed by atoms with Crippen molar-refractivity contribution in [1.29, 1.82) is 0 Å². The molecule has 0 spiro atoms.